The van der Waals surface area contributed by atoms with Gasteiger partial charge in [0.1, 0.15) is 0 Å². The molecule has 0 aromatic carbocycles. The SMILES string of the molecule is CCCC/C=C/C=C/C=C\CCCCCCC(C(=O)O)C(C=CC=CCCCCCCCC(=O)O)CCCCC. The van der Waals surface area contributed by atoms with E-state index in [1.165, 1.54) is 12.8 Å². The molecule has 0 rings (SSSR count). The summed E-state index contributed by atoms with van der Waals surface area (Å²) in [6, 6.07) is 0. The highest BCUT2D eigenvalue weighted by molar-refractivity contribution is 5.70. The minimum Gasteiger partial charge on any atom is -0.481 e. The molecule has 2 atom stereocenters. The van der Waals surface area contributed by atoms with Gasteiger partial charge in [0, 0.05) is 6.42 Å². The van der Waals surface area contributed by atoms with Crippen molar-refractivity contribution in [1.82, 2.24) is 0 Å². The zero-order valence-corrected chi connectivity index (χ0v) is 25.8. The predicted octanol–water partition coefficient (Wildman–Crippen LogP) is 11.0. The lowest BCUT2D eigenvalue weighted by molar-refractivity contribution is -0.143. The Bertz CT molecular complexity index is 744. The lowest BCUT2D eigenvalue weighted by Gasteiger charge is -2.21. The maximum atomic E-state index is 12.2. The summed E-state index contributed by atoms with van der Waals surface area (Å²) >= 11 is 0. The van der Waals surface area contributed by atoms with E-state index in [2.05, 4.69) is 74.6 Å². The van der Waals surface area contributed by atoms with Crippen molar-refractivity contribution in [2.24, 2.45) is 11.8 Å². The maximum Gasteiger partial charge on any atom is 0.307 e. The predicted molar refractivity (Wildman–Crippen MR) is 172 cm³/mol. The van der Waals surface area contributed by atoms with Gasteiger partial charge < -0.3 is 10.2 Å². The summed E-state index contributed by atoms with van der Waals surface area (Å²) in [5.74, 6) is -1.57. The van der Waals surface area contributed by atoms with Crippen LogP contribution in [0.1, 0.15) is 142 Å². The Balaban J connectivity index is 4.38. The average molecular weight is 557 g/mol. The van der Waals surface area contributed by atoms with Crippen LogP contribution < -0.4 is 0 Å². The van der Waals surface area contributed by atoms with E-state index < -0.39 is 11.9 Å². The van der Waals surface area contributed by atoms with Gasteiger partial charge in [0.15, 0.2) is 0 Å². The molecule has 0 saturated heterocycles. The number of aliphatic carboxylic acids is 2. The van der Waals surface area contributed by atoms with Crippen molar-refractivity contribution >= 4 is 11.9 Å². The van der Waals surface area contributed by atoms with Gasteiger partial charge in [-0.1, -0.05) is 145 Å². The van der Waals surface area contributed by atoms with Crippen LogP contribution in [0, 0.1) is 11.8 Å². The summed E-state index contributed by atoms with van der Waals surface area (Å²) in [5, 5.41) is 18.7. The molecule has 0 aromatic heterocycles. The third-order valence-corrected chi connectivity index (χ3v) is 7.31. The van der Waals surface area contributed by atoms with Crippen LogP contribution in [0.3, 0.4) is 0 Å². The number of rotatable bonds is 28. The molecule has 2 N–H and O–H groups in total. The molecule has 0 aromatic rings. The number of allylic oxidation sites excluding steroid dienone is 10. The monoisotopic (exact) mass is 556 g/mol. The summed E-state index contributed by atoms with van der Waals surface area (Å²) in [6.07, 6.45) is 41.8. The number of carbonyl (C=O) groups is 2. The van der Waals surface area contributed by atoms with E-state index in [9.17, 15) is 14.7 Å². The Morgan fingerprint density at radius 2 is 1.05 bits per heavy atom. The van der Waals surface area contributed by atoms with Crippen molar-refractivity contribution in [3.63, 3.8) is 0 Å². The molecule has 4 heteroatoms. The number of unbranched alkanes of at least 4 members (excludes halogenated alkanes) is 13. The van der Waals surface area contributed by atoms with Crippen molar-refractivity contribution < 1.29 is 19.8 Å². The van der Waals surface area contributed by atoms with Gasteiger partial charge in [-0.3, -0.25) is 9.59 Å². The lowest BCUT2D eigenvalue weighted by atomic mass is 9.83. The molecule has 0 spiro atoms. The average Bonchev–Trinajstić information content (AvgIpc) is 2.93. The topological polar surface area (TPSA) is 74.6 Å². The molecule has 0 bridgehead atoms. The van der Waals surface area contributed by atoms with E-state index in [0.717, 1.165) is 109 Å². The smallest absolute Gasteiger partial charge is 0.307 e. The molecule has 4 nitrogen and oxygen atoms in total. The Hall–Kier alpha value is -2.36. The normalized spacial score (nSPS) is 13.9. The number of carboxylic acids is 2. The van der Waals surface area contributed by atoms with Crippen molar-refractivity contribution in [3.8, 4) is 0 Å². The van der Waals surface area contributed by atoms with Crippen LogP contribution in [-0.2, 0) is 9.59 Å². The fraction of sp³-hybridized carbons (Fsp3) is 0.667. The van der Waals surface area contributed by atoms with E-state index in [4.69, 9.17) is 5.11 Å². The van der Waals surface area contributed by atoms with Gasteiger partial charge in [0.25, 0.3) is 0 Å². The van der Waals surface area contributed by atoms with E-state index in [1.54, 1.807) is 0 Å². The summed E-state index contributed by atoms with van der Waals surface area (Å²) in [5.41, 5.74) is 0. The molecular formula is C36H60O4. The van der Waals surface area contributed by atoms with Crippen molar-refractivity contribution in [3.05, 3.63) is 60.8 Å². The lowest BCUT2D eigenvalue weighted by Crippen LogP contribution is -2.22. The van der Waals surface area contributed by atoms with Crippen LogP contribution in [0.2, 0.25) is 0 Å². The maximum absolute atomic E-state index is 12.2. The molecule has 0 aliphatic rings. The molecule has 0 heterocycles. The Morgan fingerprint density at radius 3 is 1.62 bits per heavy atom. The van der Waals surface area contributed by atoms with Crippen LogP contribution >= 0.6 is 0 Å². The minimum atomic E-state index is -0.707. The van der Waals surface area contributed by atoms with Crippen LogP contribution in [0.25, 0.3) is 0 Å². The van der Waals surface area contributed by atoms with E-state index in [0.29, 0.717) is 0 Å². The zero-order valence-electron chi connectivity index (χ0n) is 25.8. The van der Waals surface area contributed by atoms with Gasteiger partial charge in [-0.25, -0.2) is 0 Å². The zero-order chi connectivity index (χ0) is 29.5. The molecule has 0 saturated carbocycles. The second kappa shape index (κ2) is 29.6. The summed E-state index contributed by atoms with van der Waals surface area (Å²) in [7, 11) is 0. The first-order valence-electron chi connectivity index (χ1n) is 16.3. The first kappa shape index (κ1) is 37.6. The van der Waals surface area contributed by atoms with Crippen LogP contribution in [0.5, 0.6) is 0 Å². The molecule has 2 unspecified atom stereocenters. The van der Waals surface area contributed by atoms with Crippen molar-refractivity contribution in [1.29, 1.82) is 0 Å². The van der Waals surface area contributed by atoms with Gasteiger partial charge in [-0.15, -0.1) is 0 Å². The minimum absolute atomic E-state index is 0.0914. The van der Waals surface area contributed by atoms with Crippen molar-refractivity contribution in [2.45, 2.75) is 142 Å². The van der Waals surface area contributed by atoms with Gasteiger partial charge >= 0.3 is 11.9 Å². The molecule has 0 amide bonds. The molecule has 228 valence electrons. The second-order valence-electron chi connectivity index (χ2n) is 11.0. The fourth-order valence-corrected chi connectivity index (χ4v) is 4.81. The first-order chi connectivity index (χ1) is 19.5. The molecule has 0 aliphatic carbocycles. The Morgan fingerprint density at radius 1 is 0.550 bits per heavy atom. The number of carboxylic acid groups (broad SMARTS) is 2. The second-order valence-corrected chi connectivity index (χ2v) is 11.0. The molecule has 0 fully saturated rings. The highest BCUT2D eigenvalue weighted by Gasteiger charge is 2.25. The number of hydrogen-bond acceptors (Lipinski definition) is 2. The van der Waals surface area contributed by atoms with E-state index in [-0.39, 0.29) is 18.3 Å². The summed E-state index contributed by atoms with van der Waals surface area (Å²) < 4.78 is 0. The molecule has 0 radical (unpaired) electrons. The van der Waals surface area contributed by atoms with Crippen molar-refractivity contribution in [2.75, 3.05) is 0 Å². The molecule has 40 heavy (non-hydrogen) atoms. The van der Waals surface area contributed by atoms with Gasteiger partial charge in [-0.2, -0.15) is 0 Å². The van der Waals surface area contributed by atoms with Gasteiger partial charge in [0.05, 0.1) is 5.92 Å². The number of hydrogen-bond donors (Lipinski definition) is 2. The first-order valence-corrected chi connectivity index (χ1v) is 16.3. The summed E-state index contributed by atoms with van der Waals surface area (Å²) in [6.45, 7) is 4.40. The van der Waals surface area contributed by atoms with Gasteiger partial charge in [0.2, 0.25) is 0 Å². The van der Waals surface area contributed by atoms with Crippen LogP contribution in [0.15, 0.2) is 60.8 Å². The summed E-state index contributed by atoms with van der Waals surface area (Å²) in [4.78, 5) is 22.7. The quantitative estimate of drug-likeness (QED) is 0.0742. The Labute approximate surface area is 246 Å². The third kappa shape index (κ3) is 25.9. The highest BCUT2D eigenvalue weighted by Crippen LogP contribution is 2.27. The van der Waals surface area contributed by atoms with Crippen LogP contribution in [0.4, 0.5) is 0 Å². The van der Waals surface area contributed by atoms with E-state index >= 15 is 0 Å². The van der Waals surface area contributed by atoms with Crippen LogP contribution in [-0.4, -0.2) is 22.2 Å². The molecule has 0 aliphatic heterocycles. The fourth-order valence-electron chi connectivity index (χ4n) is 4.81. The van der Waals surface area contributed by atoms with E-state index in [1.807, 2.05) is 0 Å². The highest BCUT2D eigenvalue weighted by atomic mass is 16.4. The third-order valence-electron chi connectivity index (χ3n) is 7.31. The molecular weight excluding hydrogens is 496 g/mol. The van der Waals surface area contributed by atoms with Gasteiger partial charge in [-0.05, 0) is 57.3 Å². The largest absolute Gasteiger partial charge is 0.481 e. The standard InChI is InChI=1S/C36H60O4/c1-3-5-7-8-9-10-11-12-13-14-17-20-23-27-31-34(36(39)40)33(29-25-6-4-2)30-26-22-19-16-15-18-21-24-28-32-35(37)38/h8-13,19,22,26,30,33-34H,3-7,14-18,20-21,23-25,27-29,31-32H2,1-2H3,(H,37,38)(H,39,40)/b9-8+,11-10+,13-12-,22-19?,30-26?. The Kier molecular flexibility index (Phi) is 27.9.